The Labute approximate surface area is 128 Å². The normalized spacial score (nSPS) is 10.4. The van der Waals surface area contributed by atoms with Crippen molar-refractivity contribution < 1.29 is 4.74 Å². The largest absolute Gasteiger partial charge is 0.487 e. The summed E-state index contributed by atoms with van der Waals surface area (Å²) < 4.78 is 6.30. The highest BCUT2D eigenvalue weighted by atomic mass is 79.9. The molecular formula is C12H7BrCl3NO. The zero-order chi connectivity index (χ0) is 13.1. The Hall–Kier alpha value is -0.480. The van der Waals surface area contributed by atoms with E-state index in [2.05, 4.69) is 20.9 Å². The Kier molecular flexibility index (Phi) is 4.73. The van der Waals surface area contributed by atoms with E-state index in [-0.39, 0.29) is 6.61 Å². The molecule has 2 nitrogen and oxygen atoms in total. The lowest BCUT2D eigenvalue weighted by molar-refractivity contribution is 0.306. The van der Waals surface area contributed by atoms with Crippen LogP contribution in [-0.4, -0.2) is 4.98 Å². The van der Waals surface area contributed by atoms with E-state index < -0.39 is 0 Å². The summed E-state index contributed by atoms with van der Waals surface area (Å²) in [5.74, 6) is 0.504. The topological polar surface area (TPSA) is 22.1 Å². The average molecular weight is 367 g/mol. The molecule has 0 aliphatic rings. The number of aromatic nitrogens is 1. The molecule has 0 bridgehead atoms. The quantitative estimate of drug-likeness (QED) is 0.536. The smallest absolute Gasteiger partial charge is 0.139 e. The maximum Gasteiger partial charge on any atom is 0.139 e. The Morgan fingerprint density at radius 1 is 1.17 bits per heavy atom. The fourth-order valence-electron chi connectivity index (χ4n) is 1.30. The molecule has 2 rings (SSSR count). The van der Waals surface area contributed by atoms with Gasteiger partial charge in [0.2, 0.25) is 0 Å². The van der Waals surface area contributed by atoms with Crippen molar-refractivity contribution in [2.45, 2.75) is 6.61 Å². The lowest BCUT2D eigenvalue weighted by Gasteiger charge is -2.10. The fraction of sp³-hybridized carbons (Fsp3) is 0.0833. The fourth-order valence-corrected chi connectivity index (χ4v) is 2.32. The van der Waals surface area contributed by atoms with E-state index in [1.165, 1.54) is 0 Å². The van der Waals surface area contributed by atoms with E-state index in [4.69, 9.17) is 39.5 Å². The minimum atomic E-state index is 0.282. The first kappa shape index (κ1) is 13.9. The van der Waals surface area contributed by atoms with Crippen LogP contribution in [0.25, 0.3) is 0 Å². The summed E-state index contributed by atoms with van der Waals surface area (Å²) in [6.45, 7) is 0.282. The molecule has 0 unspecified atom stereocenters. The number of rotatable bonds is 3. The first-order chi connectivity index (χ1) is 8.58. The molecule has 1 aromatic heterocycles. The van der Waals surface area contributed by atoms with Gasteiger partial charge in [-0.3, -0.25) is 0 Å². The predicted octanol–water partition coefficient (Wildman–Crippen LogP) is 5.38. The third kappa shape index (κ3) is 3.29. The van der Waals surface area contributed by atoms with Crippen LogP contribution in [0.5, 0.6) is 5.75 Å². The van der Waals surface area contributed by atoms with Crippen molar-refractivity contribution in [2.75, 3.05) is 0 Å². The van der Waals surface area contributed by atoms with Crippen molar-refractivity contribution >= 4 is 50.7 Å². The molecule has 0 saturated heterocycles. The molecule has 0 fully saturated rings. The van der Waals surface area contributed by atoms with Crippen LogP contribution in [0.1, 0.15) is 5.56 Å². The minimum Gasteiger partial charge on any atom is -0.487 e. The lowest BCUT2D eigenvalue weighted by atomic mass is 10.3. The Morgan fingerprint density at radius 3 is 2.67 bits per heavy atom. The van der Waals surface area contributed by atoms with Gasteiger partial charge in [0.05, 0.1) is 10.0 Å². The summed E-state index contributed by atoms with van der Waals surface area (Å²) in [7, 11) is 0. The molecule has 0 radical (unpaired) electrons. The summed E-state index contributed by atoms with van der Waals surface area (Å²) in [5.41, 5.74) is 0.786. The molecule has 94 valence electrons. The summed E-state index contributed by atoms with van der Waals surface area (Å²) >= 11 is 21.2. The van der Waals surface area contributed by atoms with E-state index in [9.17, 15) is 0 Å². The highest BCUT2D eigenvalue weighted by molar-refractivity contribution is 9.10. The highest BCUT2D eigenvalue weighted by Crippen LogP contribution is 2.34. The van der Waals surface area contributed by atoms with Crippen LogP contribution < -0.4 is 4.74 Å². The van der Waals surface area contributed by atoms with Crippen molar-refractivity contribution in [1.82, 2.24) is 4.98 Å². The summed E-state index contributed by atoms with van der Waals surface area (Å²) in [6.07, 6.45) is 1.62. The molecule has 0 aliphatic heterocycles. The van der Waals surface area contributed by atoms with Crippen LogP contribution in [0.3, 0.4) is 0 Å². The van der Waals surface area contributed by atoms with Crippen molar-refractivity contribution in [3.05, 3.63) is 55.7 Å². The molecular weight excluding hydrogens is 360 g/mol. The van der Waals surface area contributed by atoms with E-state index >= 15 is 0 Å². The highest BCUT2D eigenvalue weighted by Gasteiger charge is 2.08. The third-order valence-electron chi connectivity index (χ3n) is 2.19. The van der Waals surface area contributed by atoms with E-state index in [1.807, 2.05) is 6.07 Å². The van der Waals surface area contributed by atoms with Gasteiger partial charge in [0.15, 0.2) is 0 Å². The van der Waals surface area contributed by atoms with Gasteiger partial charge in [-0.2, -0.15) is 0 Å². The van der Waals surface area contributed by atoms with E-state index in [1.54, 1.807) is 24.4 Å². The zero-order valence-corrected chi connectivity index (χ0v) is 12.8. The van der Waals surface area contributed by atoms with Gasteiger partial charge in [0.25, 0.3) is 0 Å². The lowest BCUT2D eigenvalue weighted by Crippen LogP contribution is -1.97. The molecule has 6 heteroatoms. The molecule has 0 spiro atoms. The number of nitrogens with zero attached hydrogens (tertiary/aromatic N) is 1. The molecule has 18 heavy (non-hydrogen) atoms. The van der Waals surface area contributed by atoms with Gasteiger partial charge in [0, 0.05) is 22.3 Å². The standard InChI is InChI=1S/C12H7BrCl3NO/c13-8-4-10(15)11(5-9(8)14)18-6-7-2-1-3-17-12(7)16/h1-5H,6H2. The minimum absolute atomic E-state index is 0.282. The number of benzene rings is 1. The van der Waals surface area contributed by atoms with Crippen molar-refractivity contribution in [3.63, 3.8) is 0 Å². The first-order valence-corrected chi connectivity index (χ1v) is 6.87. The molecule has 0 saturated carbocycles. The van der Waals surface area contributed by atoms with Crippen molar-refractivity contribution in [3.8, 4) is 5.75 Å². The van der Waals surface area contributed by atoms with Gasteiger partial charge in [-0.15, -0.1) is 0 Å². The first-order valence-electron chi connectivity index (χ1n) is 4.94. The van der Waals surface area contributed by atoms with Crippen LogP contribution in [0, 0.1) is 0 Å². The third-order valence-corrected chi connectivity index (χ3v) is 4.03. The average Bonchev–Trinajstić information content (AvgIpc) is 2.34. The molecule has 1 heterocycles. The molecule has 2 aromatic rings. The summed E-state index contributed by atoms with van der Waals surface area (Å²) in [5, 5.41) is 1.43. The zero-order valence-electron chi connectivity index (χ0n) is 8.96. The molecule has 0 aliphatic carbocycles. The SMILES string of the molecule is Clc1cc(OCc2cccnc2Cl)c(Cl)cc1Br. The van der Waals surface area contributed by atoms with Crippen molar-refractivity contribution in [2.24, 2.45) is 0 Å². The number of hydrogen-bond acceptors (Lipinski definition) is 2. The number of ether oxygens (including phenoxy) is 1. The van der Waals surface area contributed by atoms with E-state index in [0.29, 0.717) is 20.9 Å². The monoisotopic (exact) mass is 365 g/mol. The summed E-state index contributed by atoms with van der Waals surface area (Å²) in [6, 6.07) is 6.97. The Morgan fingerprint density at radius 2 is 1.94 bits per heavy atom. The molecule has 1 aromatic carbocycles. The second-order valence-corrected chi connectivity index (χ2v) is 5.47. The maximum absolute atomic E-state index is 6.05. The summed E-state index contributed by atoms with van der Waals surface area (Å²) in [4.78, 5) is 3.96. The van der Waals surface area contributed by atoms with Gasteiger partial charge in [-0.05, 0) is 28.1 Å². The molecule has 0 atom stereocenters. The van der Waals surface area contributed by atoms with Gasteiger partial charge in [-0.25, -0.2) is 4.98 Å². The van der Waals surface area contributed by atoms with Crippen LogP contribution in [0.4, 0.5) is 0 Å². The van der Waals surface area contributed by atoms with Gasteiger partial charge < -0.3 is 4.74 Å². The number of pyridine rings is 1. The van der Waals surface area contributed by atoms with Gasteiger partial charge >= 0.3 is 0 Å². The Balaban J connectivity index is 2.16. The molecule has 0 N–H and O–H groups in total. The second-order valence-electron chi connectivity index (χ2n) is 3.44. The number of halogens is 4. The van der Waals surface area contributed by atoms with Crippen LogP contribution in [-0.2, 0) is 6.61 Å². The van der Waals surface area contributed by atoms with Crippen LogP contribution in [0.2, 0.25) is 15.2 Å². The predicted molar refractivity (Wildman–Crippen MR) is 77.7 cm³/mol. The number of hydrogen-bond donors (Lipinski definition) is 0. The van der Waals surface area contributed by atoms with Gasteiger partial charge in [-0.1, -0.05) is 40.9 Å². The Bertz CT molecular complexity index is 577. The molecule has 0 amide bonds. The van der Waals surface area contributed by atoms with E-state index in [0.717, 1.165) is 10.0 Å². The second kappa shape index (κ2) is 6.11. The van der Waals surface area contributed by atoms with Gasteiger partial charge in [0.1, 0.15) is 17.5 Å². The maximum atomic E-state index is 6.05. The van der Waals surface area contributed by atoms with Crippen LogP contribution in [0.15, 0.2) is 34.9 Å². The van der Waals surface area contributed by atoms with Crippen molar-refractivity contribution in [1.29, 1.82) is 0 Å². The van der Waals surface area contributed by atoms with Crippen LogP contribution >= 0.6 is 50.7 Å².